The molecule has 0 saturated heterocycles. The molecule has 0 bridgehead atoms. The van der Waals surface area contributed by atoms with Gasteiger partial charge in [-0.15, -0.1) is 6.58 Å². The fourth-order valence-corrected chi connectivity index (χ4v) is 2.39. The zero-order valence-electron chi connectivity index (χ0n) is 13.6. The van der Waals surface area contributed by atoms with Crippen molar-refractivity contribution in [2.75, 3.05) is 46.2 Å². The number of unbranched alkanes of at least 4 members (excludes halogenated alkanes) is 4. The Kier molecular flexibility index (Phi) is 13.1. The largest absolute Gasteiger partial charge is 0.481 e. The van der Waals surface area contributed by atoms with Crippen LogP contribution in [0.3, 0.4) is 0 Å². The van der Waals surface area contributed by atoms with E-state index in [2.05, 4.69) is 6.58 Å². The molecule has 0 aromatic heterocycles. The second-order valence-corrected chi connectivity index (χ2v) is 5.63. The van der Waals surface area contributed by atoms with Crippen LogP contribution in [0.2, 0.25) is 0 Å². The fraction of sp³-hybridized carbons (Fsp3) is 0.812. The van der Waals surface area contributed by atoms with E-state index in [0.29, 0.717) is 33.0 Å². The summed E-state index contributed by atoms with van der Waals surface area (Å²) in [5.74, 6) is -0.874. The van der Waals surface area contributed by atoms with Crippen molar-refractivity contribution in [3.05, 3.63) is 12.7 Å². The number of nitrogens with zero attached hydrogens (tertiary/aromatic N) is 1. The van der Waals surface area contributed by atoms with Crippen LogP contribution in [0.5, 0.6) is 0 Å². The molecule has 0 unspecified atom stereocenters. The summed E-state index contributed by atoms with van der Waals surface area (Å²) in [6.45, 7) is 5.69. The molecule has 22 heavy (non-hydrogen) atoms. The Morgan fingerprint density at radius 1 is 1.05 bits per heavy atom. The first-order valence-electron chi connectivity index (χ1n) is 8.07. The van der Waals surface area contributed by atoms with Crippen LogP contribution < -0.4 is 0 Å². The molecule has 3 N–H and O–H groups in total. The molecule has 0 rings (SSSR count). The molecule has 0 aromatic carbocycles. The van der Waals surface area contributed by atoms with E-state index in [-0.39, 0.29) is 24.1 Å². The Bertz CT molecular complexity index is 290. The number of allylic oxidation sites excluding steroid dienone is 1. The second-order valence-electron chi connectivity index (χ2n) is 5.63. The highest BCUT2D eigenvalue weighted by atomic mass is 16.5. The van der Waals surface area contributed by atoms with Gasteiger partial charge in [0.15, 0.2) is 6.73 Å². The third kappa shape index (κ3) is 10.7. The van der Waals surface area contributed by atoms with E-state index < -0.39 is 5.97 Å². The van der Waals surface area contributed by atoms with Crippen molar-refractivity contribution in [3.63, 3.8) is 0 Å². The molecule has 6 heteroatoms. The molecule has 0 heterocycles. The van der Waals surface area contributed by atoms with Gasteiger partial charge in [-0.2, -0.15) is 0 Å². The fourth-order valence-electron chi connectivity index (χ4n) is 2.39. The van der Waals surface area contributed by atoms with Crippen molar-refractivity contribution in [1.82, 2.24) is 0 Å². The van der Waals surface area contributed by atoms with Gasteiger partial charge >= 0.3 is 5.97 Å². The lowest BCUT2D eigenvalue weighted by Gasteiger charge is -2.36. The topological polar surface area (TPSA) is 87.0 Å². The van der Waals surface area contributed by atoms with Gasteiger partial charge in [-0.05, 0) is 19.3 Å². The first kappa shape index (κ1) is 21.0. The Labute approximate surface area is 133 Å². The summed E-state index contributed by atoms with van der Waals surface area (Å²) in [6.07, 6.45) is 7.35. The van der Waals surface area contributed by atoms with Crippen LogP contribution in [0, 0.1) is 0 Å². The van der Waals surface area contributed by atoms with Crippen LogP contribution >= 0.6 is 0 Å². The molecule has 0 fully saturated rings. The summed E-state index contributed by atoms with van der Waals surface area (Å²) >= 11 is 0. The molecule has 0 aliphatic rings. The minimum absolute atomic E-state index is 0.00487. The van der Waals surface area contributed by atoms with Gasteiger partial charge in [0.1, 0.15) is 13.1 Å². The van der Waals surface area contributed by atoms with Crippen LogP contribution in [0.25, 0.3) is 0 Å². The number of hydrogen-bond donors (Lipinski definition) is 3. The zero-order valence-corrected chi connectivity index (χ0v) is 13.6. The van der Waals surface area contributed by atoms with Gasteiger partial charge in [0.05, 0.1) is 32.8 Å². The van der Waals surface area contributed by atoms with Gasteiger partial charge in [0.2, 0.25) is 0 Å². The number of ether oxygens (including phenoxy) is 1. The summed E-state index contributed by atoms with van der Waals surface area (Å²) in [5.41, 5.74) is 0. The normalized spacial score (nSPS) is 11.5. The minimum Gasteiger partial charge on any atom is -0.481 e. The van der Waals surface area contributed by atoms with Gasteiger partial charge in [0.25, 0.3) is 0 Å². The Hall–Kier alpha value is -0.950. The predicted octanol–water partition coefficient (Wildman–Crippen LogP) is 1.37. The summed E-state index contributed by atoms with van der Waals surface area (Å²) < 4.78 is 5.97. The van der Waals surface area contributed by atoms with Gasteiger partial charge < -0.3 is 20.1 Å². The number of aliphatic hydroxyl groups is 2. The van der Waals surface area contributed by atoms with Crippen LogP contribution in [-0.2, 0) is 9.53 Å². The van der Waals surface area contributed by atoms with Crippen molar-refractivity contribution in [3.8, 4) is 0 Å². The zero-order chi connectivity index (χ0) is 16.7. The molecular weight excluding hydrogens is 286 g/mol. The molecule has 6 nitrogen and oxygen atoms in total. The number of rotatable bonds is 16. The van der Waals surface area contributed by atoms with E-state index in [9.17, 15) is 15.0 Å². The monoisotopic (exact) mass is 318 g/mol. The molecule has 0 radical (unpaired) electrons. The van der Waals surface area contributed by atoms with E-state index in [4.69, 9.17) is 9.84 Å². The average Bonchev–Trinajstić information content (AvgIpc) is 2.48. The third-order valence-electron chi connectivity index (χ3n) is 3.76. The van der Waals surface area contributed by atoms with Crippen molar-refractivity contribution >= 4 is 5.97 Å². The van der Waals surface area contributed by atoms with Crippen LogP contribution in [0.1, 0.15) is 38.5 Å². The molecule has 0 atom stereocenters. The summed E-state index contributed by atoms with van der Waals surface area (Å²) in [6, 6.07) is 0. The maximum absolute atomic E-state index is 10.8. The first-order chi connectivity index (χ1) is 10.6. The molecule has 0 aromatic rings. The third-order valence-corrected chi connectivity index (χ3v) is 3.76. The number of aliphatic carboxylic acids is 1. The number of carboxylic acid groups (broad SMARTS) is 1. The average molecular weight is 318 g/mol. The van der Waals surface area contributed by atoms with Crippen molar-refractivity contribution in [1.29, 1.82) is 0 Å². The van der Waals surface area contributed by atoms with E-state index >= 15 is 0 Å². The van der Waals surface area contributed by atoms with E-state index in [1.807, 2.05) is 6.08 Å². The molecule has 0 aliphatic carbocycles. The predicted molar refractivity (Wildman–Crippen MR) is 85.4 cm³/mol. The minimum atomic E-state index is -0.874. The highest BCUT2D eigenvalue weighted by Crippen LogP contribution is 2.10. The molecule has 0 amide bonds. The molecule has 0 saturated carbocycles. The molecule has 130 valence electrons. The van der Waals surface area contributed by atoms with Crippen molar-refractivity contribution in [2.45, 2.75) is 38.5 Å². The van der Waals surface area contributed by atoms with Crippen LogP contribution in [0.15, 0.2) is 12.7 Å². The summed E-state index contributed by atoms with van der Waals surface area (Å²) in [5, 5.41) is 27.3. The lowest BCUT2D eigenvalue weighted by atomic mass is 10.1. The summed E-state index contributed by atoms with van der Waals surface area (Å²) in [7, 11) is 0. The lowest BCUT2D eigenvalue weighted by molar-refractivity contribution is -0.945. The second kappa shape index (κ2) is 13.7. The van der Waals surface area contributed by atoms with Gasteiger partial charge in [0, 0.05) is 0 Å². The Morgan fingerprint density at radius 3 is 2.23 bits per heavy atom. The standard InChI is InChI=1S/C16H31NO5/c1-2-3-4-5-6-7-14-22-15-17(10-12-18,11-13-19)9-8-16(20)21/h2,18-19H,1,3-15H2/p+1. The van der Waals surface area contributed by atoms with Crippen LogP contribution in [0.4, 0.5) is 0 Å². The van der Waals surface area contributed by atoms with E-state index in [1.165, 1.54) is 0 Å². The van der Waals surface area contributed by atoms with Gasteiger partial charge in [-0.3, -0.25) is 9.28 Å². The lowest BCUT2D eigenvalue weighted by Crippen LogP contribution is -2.54. The summed E-state index contributed by atoms with van der Waals surface area (Å²) in [4.78, 5) is 10.8. The number of quaternary nitrogens is 1. The quantitative estimate of drug-likeness (QED) is 0.173. The van der Waals surface area contributed by atoms with Crippen LogP contribution in [-0.4, -0.2) is 72.0 Å². The molecular formula is C16H32NO5+. The molecule has 0 aliphatic heterocycles. The number of carbonyl (C=O) groups is 1. The van der Waals surface area contributed by atoms with Crippen molar-refractivity contribution in [2.24, 2.45) is 0 Å². The Morgan fingerprint density at radius 2 is 1.68 bits per heavy atom. The molecule has 0 spiro atoms. The van der Waals surface area contributed by atoms with E-state index in [1.54, 1.807) is 0 Å². The Balaban J connectivity index is 4.09. The van der Waals surface area contributed by atoms with Gasteiger partial charge in [-0.1, -0.05) is 18.9 Å². The highest BCUT2D eigenvalue weighted by molar-refractivity contribution is 5.66. The smallest absolute Gasteiger partial charge is 0.309 e. The number of carboxylic acids is 1. The first-order valence-corrected chi connectivity index (χ1v) is 8.07. The maximum atomic E-state index is 10.8. The number of hydrogen-bond acceptors (Lipinski definition) is 4. The van der Waals surface area contributed by atoms with Crippen molar-refractivity contribution < 1.29 is 29.3 Å². The maximum Gasteiger partial charge on any atom is 0.309 e. The SMILES string of the molecule is C=CCCCCCCOC[N+](CCO)(CCO)CCC(=O)O. The van der Waals surface area contributed by atoms with Gasteiger partial charge in [-0.25, -0.2) is 0 Å². The highest BCUT2D eigenvalue weighted by Gasteiger charge is 2.27. The number of aliphatic hydroxyl groups excluding tert-OH is 2. The van der Waals surface area contributed by atoms with E-state index in [0.717, 1.165) is 32.1 Å².